The second-order valence-electron chi connectivity index (χ2n) is 2.15. The van der Waals surface area contributed by atoms with Gasteiger partial charge in [-0.05, 0) is 11.1 Å². The molecule has 14 heavy (non-hydrogen) atoms. The van der Waals surface area contributed by atoms with Crippen molar-refractivity contribution >= 4 is 11.9 Å². The lowest BCUT2D eigenvalue weighted by atomic mass is 10.1. The molecule has 0 aliphatic rings. The van der Waals surface area contributed by atoms with Gasteiger partial charge in [0.2, 0.25) is 0 Å². The average molecular weight is 194 g/mol. The Hall–Kier alpha value is -2.10. The molecule has 0 unspecified atom stereocenters. The van der Waals surface area contributed by atoms with E-state index in [4.69, 9.17) is 0 Å². The van der Waals surface area contributed by atoms with Gasteiger partial charge in [0.1, 0.15) is 0 Å². The second-order valence-corrected chi connectivity index (χ2v) is 2.15. The summed E-state index contributed by atoms with van der Waals surface area (Å²) in [5.74, 6) is -2.67. The minimum atomic E-state index is -1.33. The van der Waals surface area contributed by atoms with Crippen LogP contribution in [0.25, 0.3) is 0 Å². The Bertz CT molecular complexity index is 280. The molecule has 0 fully saturated rings. The summed E-state index contributed by atoms with van der Waals surface area (Å²) in [6, 6.07) is 4.61. The third-order valence-electron chi connectivity index (χ3n) is 1.36. The molecule has 0 aliphatic heterocycles. The SMILES string of the molecule is O=C([O-])c1ccc(C(=O)[O-])cc1.[CH3+].[CH3+]. The van der Waals surface area contributed by atoms with E-state index in [0.29, 0.717) is 0 Å². The van der Waals surface area contributed by atoms with Crippen LogP contribution in [0.3, 0.4) is 0 Å². The number of carbonyl (C=O) groups is 2. The number of rotatable bonds is 2. The van der Waals surface area contributed by atoms with Crippen LogP contribution in [0.15, 0.2) is 24.3 Å². The molecule has 0 heterocycles. The number of hydrogen-bond donors (Lipinski definition) is 0. The summed E-state index contributed by atoms with van der Waals surface area (Å²) >= 11 is 0. The van der Waals surface area contributed by atoms with E-state index >= 15 is 0 Å². The van der Waals surface area contributed by atoms with Gasteiger partial charge in [-0.1, -0.05) is 24.3 Å². The van der Waals surface area contributed by atoms with Crippen molar-refractivity contribution in [3.8, 4) is 0 Å². The zero-order valence-electron chi connectivity index (χ0n) is 7.94. The van der Waals surface area contributed by atoms with E-state index in [1.165, 1.54) is 0 Å². The van der Waals surface area contributed by atoms with Gasteiger partial charge >= 0.3 is 0 Å². The van der Waals surface area contributed by atoms with Crippen molar-refractivity contribution in [2.75, 3.05) is 0 Å². The highest BCUT2D eigenvalue weighted by Crippen LogP contribution is 2.01. The van der Waals surface area contributed by atoms with Gasteiger partial charge in [0, 0.05) is 14.9 Å². The van der Waals surface area contributed by atoms with Crippen LogP contribution in [-0.2, 0) is 0 Å². The van der Waals surface area contributed by atoms with Gasteiger partial charge in [0.25, 0.3) is 0 Å². The predicted molar refractivity (Wildman–Crippen MR) is 47.9 cm³/mol. The van der Waals surface area contributed by atoms with Crippen LogP contribution < -0.4 is 10.2 Å². The van der Waals surface area contributed by atoms with Gasteiger partial charge < -0.3 is 19.8 Å². The first kappa shape index (κ1) is 14.4. The van der Waals surface area contributed by atoms with E-state index in [1.54, 1.807) is 0 Å². The molecular weight excluding hydrogens is 184 g/mol. The van der Waals surface area contributed by atoms with Crippen molar-refractivity contribution in [2.24, 2.45) is 0 Å². The quantitative estimate of drug-likeness (QED) is 0.584. The lowest BCUT2D eigenvalue weighted by Gasteiger charge is -2.04. The van der Waals surface area contributed by atoms with Gasteiger partial charge in [-0.2, -0.15) is 0 Å². The predicted octanol–water partition coefficient (Wildman–Crippen LogP) is -0.686. The Kier molecular flexibility index (Phi) is 5.70. The third-order valence-corrected chi connectivity index (χ3v) is 1.36. The van der Waals surface area contributed by atoms with Gasteiger partial charge in [-0.3, -0.25) is 0 Å². The monoisotopic (exact) mass is 194 g/mol. The van der Waals surface area contributed by atoms with E-state index in [-0.39, 0.29) is 26.0 Å². The molecule has 1 aromatic rings. The van der Waals surface area contributed by atoms with Gasteiger partial charge in [0.15, 0.2) is 0 Å². The van der Waals surface area contributed by atoms with Crippen molar-refractivity contribution < 1.29 is 19.8 Å². The maximum absolute atomic E-state index is 10.2. The molecule has 4 heteroatoms. The van der Waals surface area contributed by atoms with E-state index in [1.807, 2.05) is 0 Å². The number of carbonyl (C=O) groups excluding carboxylic acids is 2. The Morgan fingerprint density at radius 2 is 1.00 bits per heavy atom. The van der Waals surface area contributed by atoms with Crippen molar-refractivity contribution in [1.29, 1.82) is 0 Å². The molecule has 0 radical (unpaired) electrons. The van der Waals surface area contributed by atoms with Gasteiger partial charge in [0.05, 0.1) is 11.9 Å². The fourth-order valence-corrected chi connectivity index (χ4v) is 0.742. The number of carboxylic acid groups (broad SMARTS) is 2. The fourth-order valence-electron chi connectivity index (χ4n) is 0.742. The molecule has 74 valence electrons. The molecule has 0 spiro atoms. The Morgan fingerprint density at radius 1 is 0.786 bits per heavy atom. The Labute approximate surface area is 82.8 Å². The lowest BCUT2D eigenvalue weighted by molar-refractivity contribution is -0.256. The highest BCUT2D eigenvalue weighted by atomic mass is 16.4. The van der Waals surface area contributed by atoms with Crippen LogP contribution in [0.1, 0.15) is 20.7 Å². The normalized spacial score (nSPS) is 8.00. The molecular formula is C10H10O4. The van der Waals surface area contributed by atoms with Crippen LogP contribution in [0.4, 0.5) is 0 Å². The van der Waals surface area contributed by atoms with Crippen LogP contribution in [-0.4, -0.2) is 11.9 Å². The number of benzene rings is 1. The van der Waals surface area contributed by atoms with Crippen molar-refractivity contribution in [1.82, 2.24) is 0 Å². The lowest BCUT2D eigenvalue weighted by Crippen LogP contribution is -2.24. The summed E-state index contributed by atoms with van der Waals surface area (Å²) in [6.07, 6.45) is 0. The molecule has 0 bridgehead atoms. The summed E-state index contributed by atoms with van der Waals surface area (Å²) < 4.78 is 0. The zero-order chi connectivity index (χ0) is 9.14. The molecule has 0 aromatic heterocycles. The van der Waals surface area contributed by atoms with E-state index in [9.17, 15) is 19.8 Å². The van der Waals surface area contributed by atoms with E-state index in [2.05, 4.69) is 0 Å². The average Bonchev–Trinajstić information content (AvgIpc) is 2.04. The summed E-state index contributed by atoms with van der Waals surface area (Å²) in [7, 11) is 0. The molecule has 0 aliphatic carbocycles. The second kappa shape index (κ2) is 5.53. The summed E-state index contributed by atoms with van der Waals surface area (Å²) in [4.78, 5) is 20.4. The largest absolute Gasteiger partial charge is 0.545 e. The molecule has 0 saturated carbocycles. The van der Waals surface area contributed by atoms with Gasteiger partial charge in [-0.25, -0.2) is 0 Å². The summed E-state index contributed by atoms with van der Waals surface area (Å²) in [5, 5.41) is 20.4. The highest BCUT2D eigenvalue weighted by molar-refractivity contribution is 5.89. The van der Waals surface area contributed by atoms with Crippen molar-refractivity contribution in [2.45, 2.75) is 0 Å². The van der Waals surface area contributed by atoms with Crippen LogP contribution in [0.2, 0.25) is 0 Å². The molecule has 0 atom stereocenters. The number of carboxylic acids is 2. The minimum absolute atomic E-state index is 0. The Morgan fingerprint density at radius 3 is 1.14 bits per heavy atom. The van der Waals surface area contributed by atoms with Crippen molar-refractivity contribution in [3.63, 3.8) is 0 Å². The molecule has 0 amide bonds. The maximum Gasteiger partial charge on any atom is 0.0715 e. The first-order valence-electron chi connectivity index (χ1n) is 3.14. The molecule has 1 aromatic carbocycles. The highest BCUT2D eigenvalue weighted by Gasteiger charge is 1.94. The van der Waals surface area contributed by atoms with Gasteiger partial charge in [-0.15, -0.1) is 0 Å². The fraction of sp³-hybridized carbons (Fsp3) is 0. The standard InChI is InChI=1S/C8H6O4.2CH3/c9-7(10)5-1-2-6(4-3-5)8(11)12;;/h1-4H,(H,9,10)(H,11,12);2*1H3/q;2*+1/p-2. The number of aromatic carboxylic acids is 2. The van der Waals surface area contributed by atoms with Crippen LogP contribution >= 0.6 is 0 Å². The third kappa shape index (κ3) is 3.10. The van der Waals surface area contributed by atoms with E-state index in [0.717, 1.165) is 24.3 Å². The molecule has 4 nitrogen and oxygen atoms in total. The zero-order valence-corrected chi connectivity index (χ0v) is 7.94. The Balaban J connectivity index is 0. The minimum Gasteiger partial charge on any atom is -0.545 e. The first-order chi connectivity index (χ1) is 5.61. The molecule has 1 rings (SSSR count). The smallest absolute Gasteiger partial charge is 0.0715 e. The molecule has 0 saturated heterocycles. The maximum atomic E-state index is 10.2. The van der Waals surface area contributed by atoms with E-state index < -0.39 is 11.9 Å². The molecule has 0 N–H and O–H groups in total. The van der Waals surface area contributed by atoms with Crippen molar-refractivity contribution in [3.05, 3.63) is 50.2 Å². The summed E-state index contributed by atoms with van der Waals surface area (Å²) in [5.41, 5.74) is -0.111. The van der Waals surface area contributed by atoms with Crippen LogP contribution in [0, 0.1) is 14.9 Å². The van der Waals surface area contributed by atoms with Crippen LogP contribution in [0.5, 0.6) is 0 Å². The first-order valence-corrected chi connectivity index (χ1v) is 3.14. The topological polar surface area (TPSA) is 80.3 Å². The summed E-state index contributed by atoms with van der Waals surface area (Å²) in [6.45, 7) is 0. The number of hydrogen-bond acceptors (Lipinski definition) is 4.